The molecule has 0 aliphatic carbocycles. The molecule has 0 radical (unpaired) electrons. The molecule has 10 heteroatoms. The highest BCUT2D eigenvalue weighted by molar-refractivity contribution is 7.89. The highest BCUT2D eigenvalue weighted by Gasteiger charge is 2.34. The number of carbonyl (C=O) groups excluding carboxylic acids is 2. The molecule has 0 N–H and O–H groups in total. The van der Waals surface area contributed by atoms with Crippen molar-refractivity contribution < 1.29 is 22.7 Å². The molecule has 0 saturated carbocycles. The van der Waals surface area contributed by atoms with Crippen LogP contribution in [0.15, 0.2) is 35.4 Å². The van der Waals surface area contributed by atoms with Crippen LogP contribution in [0.1, 0.15) is 5.56 Å². The van der Waals surface area contributed by atoms with Crippen molar-refractivity contribution in [2.45, 2.75) is 11.8 Å². The maximum absolute atomic E-state index is 13.3. The molecule has 0 spiro atoms. The molecule has 2 amide bonds. The van der Waals surface area contributed by atoms with E-state index in [1.807, 2.05) is 6.92 Å². The Balaban J connectivity index is 1.48. The molecule has 3 heterocycles. The lowest BCUT2D eigenvalue weighted by Gasteiger charge is -2.35. The molecule has 4 rings (SSSR count). The number of aryl methyl sites for hydroxylation is 1. The predicted molar refractivity (Wildman–Crippen MR) is 109 cm³/mol. The maximum atomic E-state index is 13.3. The molecule has 9 nitrogen and oxygen atoms in total. The molecular formula is C20H24N4O5S. The van der Waals surface area contributed by atoms with Gasteiger partial charge < -0.3 is 14.5 Å². The number of amides is 2. The van der Waals surface area contributed by atoms with E-state index in [9.17, 15) is 18.0 Å². The fraction of sp³-hybridized carbons (Fsp3) is 0.450. The third-order valence-electron chi connectivity index (χ3n) is 5.56. The van der Waals surface area contributed by atoms with Crippen LogP contribution in [-0.2, 0) is 24.3 Å². The van der Waals surface area contributed by atoms with Gasteiger partial charge in [-0.3, -0.25) is 14.6 Å². The van der Waals surface area contributed by atoms with Crippen molar-refractivity contribution in [1.29, 1.82) is 0 Å². The lowest BCUT2D eigenvalue weighted by Crippen LogP contribution is -2.55. The number of aromatic nitrogens is 1. The third kappa shape index (κ3) is 3.78. The maximum Gasteiger partial charge on any atom is 0.312 e. The molecule has 2 aliphatic heterocycles. The van der Waals surface area contributed by atoms with E-state index in [1.165, 1.54) is 14.1 Å². The Morgan fingerprint density at radius 1 is 0.933 bits per heavy atom. The van der Waals surface area contributed by atoms with Gasteiger partial charge in [0.15, 0.2) is 0 Å². The van der Waals surface area contributed by atoms with Crippen LogP contribution in [-0.4, -0.2) is 91.8 Å². The summed E-state index contributed by atoms with van der Waals surface area (Å²) in [7, 11) is -3.75. The van der Waals surface area contributed by atoms with Gasteiger partial charge in [-0.25, -0.2) is 8.42 Å². The lowest BCUT2D eigenvalue weighted by atomic mass is 10.1. The van der Waals surface area contributed by atoms with Crippen LogP contribution in [0.3, 0.4) is 0 Å². The van der Waals surface area contributed by atoms with Crippen LogP contribution < -0.4 is 0 Å². The van der Waals surface area contributed by atoms with Crippen molar-refractivity contribution in [2.75, 3.05) is 52.5 Å². The summed E-state index contributed by atoms with van der Waals surface area (Å²) in [5, 5.41) is 0.582. The zero-order valence-electron chi connectivity index (χ0n) is 16.8. The van der Waals surface area contributed by atoms with Crippen LogP contribution in [0.5, 0.6) is 0 Å². The second-order valence-electron chi connectivity index (χ2n) is 7.38. The molecule has 2 saturated heterocycles. The van der Waals surface area contributed by atoms with Crippen LogP contribution >= 0.6 is 0 Å². The standard InChI is InChI=1S/C20H24N4O5S/c1-15-4-5-17(16-3-2-6-21-18(15)16)30(27,28)24-9-7-22(8-10-24)19(25)20(26)23-11-13-29-14-12-23/h2-6H,7-14H2,1H3. The number of carbonyl (C=O) groups is 2. The fourth-order valence-corrected chi connectivity index (χ4v) is 5.43. The Bertz CT molecular complexity index is 1070. The van der Waals surface area contributed by atoms with Gasteiger partial charge in [0.05, 0.1) is 23.6 Å². The van der Waals surface area contributed by atoms with E-state index in [0.717, 1.165) is 5.56 Å². The van der Waals surface area contributed by atoms with E-state index in [0.29, 0.717) is 37.2 Å². The van der Waals surface area contributed by atoms with Crippen molar-refractivity contribution in [1.82, 2.24) is 19.1 Å². The number of fused-ring (bicyclic) bond motifs is 1. The number of nitrogens with zero attached hydrogens (tertiary/aromatic N) is 4. The minimum Gasteiger partial charge on any atom is -0.378 e. The predicted octanol–water partition coefficient (Wildman–Crippen LogP) is 0.235. The van der Waals surface area contributed by atoms with Gasteiger partial charge in [-0.15, -0.1) is 0 Å². The molecule has 0 bridgehead atoms. The third-order valence-corrected chi connectivity index (χ3v) is 7.51. The highest BCUT2D eigenvalue weighted by Crippen LogP contribution is 2.27. The number of morpholine rings is 1. The molecule has 2 aromatic rings. The topological polar surface area (TPSA) is 100 Å². The number of ether oxygens (including phenoxy) is 1. The van der Waals surface area contributed by atoms with Gasteiger partial charge in [0, 0.05) is 50.9 Å². The normalized spacial score (nSPS) is 18.6. The summed E-state index contributed by atoms with van der Waals surface area (Å²) in [5.74, 6) is -1.14. The Hall–Kier alpha value is -2.56. The summed E-state index contributed by atoms with van der Waals surface area (Å²) in [6, 6.07) is 6.83. The average Bonchev–Trinajstić information content (AvgIpc) is 2.79. The van der Waals surface area contributed by atoms with E-state index in [1.54, 1.807) is 30.5 Å². The van der Waals surface area contributed by atoms with Gasteiger partial charge in [-0.2, -0.15) is 4.31 Å². The zero-order chi connectivity index (χ0) is 21.3. The van der Waals surface area contributed by atoms with Crippen LogP contribution in [0.25, 0.3) is 10.9 Å². The Labute approximate surface area is 175 Å². The Morgan fingerprint density at radius 2 is 1.57 bits per heavy atom. The summed E-state index contributed by atoms with van der Waals surface area (Å²) in [6.45, 7) is 4.16. The number of sulfonamides is 1. The lowest BCUT2D eigenvalue weighted by molar-refractivity contribution is -0.154. The molecule has 1 aromatic heterocycles. The van der Waals surface area contributed by atoms with Crippen LogP contribution in [0.4, 0.5) is 0 Å². The molecule has 30 heavy (non-hydrogen) atoms. The van der Waals surface area contributed by atoms with Crippen molar-refractivity contribution in [2.24, 2.45) is 0 Å². The SMILES string of the molecule is Cc1ccc(S(=O)(=O)N2CCN(C(=O)C(=O)N3CCOCC3)CC2)c2cccnc12. The second-order valence-corrected chi connectivity index (χ2v) is 9.29. The molecule has 0 atom stereocenters. The van der Waals surface area contributed by atoms with Gasteiger partial charge in [0.1, 0.15) is 0 Å². The first-order valence-corrected chi connectivity index (χ1v) is 11.3. The summed E-state index contributed by atoms with van der Waals surface area (Å²) >= 11 is 0. The van der Waals surface area contributed by atoms with Gasteiger partial charge >= 0.3 is 11.8 Å². The van der Waals surface area contributed by atoms with Crippen molar-refractivity contribution in [3.8, 4) is 0 Å². The Kier molecular flexibility index (Phi) is 5.72. The summed E-state index contributed by atoms with van der Waals surface area (Å²) in [5.41, 5.74) is 1.56. The summed E-state index contributed by atoms with van der Waals surface area (Å²) < 4.78 is 33.1. The zero-order valence-corrected chi connectivity index (χ0v) is 17.6. The molecule has 2 fully saturated rings. The number of rotatable bonds is 2. The summed E-state index contributed by atoms with van der Waals surface area (Å²) in [6.07, 6.45) is 1.64. The molecule has 1 aromatic carbocycles. The van der Waals surface area contributed by atoms with Gasteiger partial charge in [0.25, 0.3) is 0 Å². The van der Waals surface area contributed by atoms with E-state index in [2.05, 4.69) is 4.98 Å². The second kappa shape index (κ2) is 8.29. The minimum atomic E-state index is -3.75. The van der Waals surface area contributed by atoms with Gasteiger partial charge in [0.2, 0.25) is 10.0 Å². The van der Waals surface area contributed by atoms with Crippen LogP contribution in [0, 0.1) is 6.92 Å². The number of hydrogen-bond acceptors (Lipinski definition) is 6. The highest BCUT2D eigenvalue weighted by atomic mass is 32.2. The van der Waals surface area contributed by atoms with Crippen molar-refractivity contribution in [3.63, 3.8) is 0 Å². The van der Waals surface area contributed by atoms with Gasteiger partial charge in [-0.1, -0.05) is 6.07 Å². The number of piperazine rings is 1. The van der Waals surface area contributed by atoms with Crippen molar-refractivity contribution in [3.05, 3.63) is 36.0 Å². The van der Waals surface area contributed by atoms with Gasteiger partial charge in [-0.05, 0) is 30.7 Å². The number of benzene rings is 1. The quantitative estimate of drug-likeness (QED) is 0.630. The largest absolute Gasteiger partial charge is 0.378 e. The van der Waals surface area contributed by atoms with Crippen LogP contribution in [0.2, 0.25) is 0 Å². The fourth-order valence-electron chi connectivity index (χ4n) is 3.82. The van der Waals surface area contributed by atoms with E-state index < -0.39 is 21.8 Å². The molecular weight excluding hydrogens is 408 g/mol. The first-order valence-electron chi connectivity index (χ1n) is 9.90. The smallest absolute Gasteiger partial charge is 0.312 e. The summed E-state index contributed by atoms with van der Waals surface area (Å²) in [4.78, 5) is 32.4. The average molecular weight is 433 g/mol. The molecule has 160 valence electrons. The van der Waals surface area contributed by atoms with E-state index in [4.69, 9.17) is 4.74 Å². The Morgan fingerprint density at radius 3 is 2.23 bits per heavy atom. The van der Waals surface area contributed by atoms with E-state index in [-0.39, 0.29) is 31.1 Å². The minimum absolute atomic E-state index is 0.139. The first kappa shape index (κ1) is 20.7. The number of pyridine rings is 1. The molecule has 0 unspecified atom stereocenters. The van der Waals surface area contributed by atoms with E-state index >= 15 is 0 Å². The molecule has 2 aliphatic rings. The monoisotopic (exact) mass is 432 g/mol. The van der Waals surface area contributed by atoms with Crippen molar-refractivity contribution >= 4 is 32.7 Å². The number of hydrogen-bond donors (Lipinski definition) is 0. The first-order chi connectivity index (χ1) is 14.4.